The van der Waals surface area contributed by atoms with Crippen molar-refractivity contribution in [2.24, 2.45) is 0 Å². The number of ether oxygens (including phenoxy) is 2. The molecule has 1 aliphatic rings. The number of aliphatic hydroxyl groups is 1. The first-order chi connectivity index (χ1) is 11.5. The zero-order chi connectivity index (χ0) is 17.4. The normalized spacial score (nSPS) is 16.2. The summed E-state index contributed by atoms with van der Waals surface area (Å²) in [7, 11) is 1.61. The van der Waals surface area contributed by atoms with Crippen LogP contribution in [0.4, 0.5) is 0 Å². The Bertz CT molecular complexity index is 549. The zero-order valence-electron chi connectivity index (χ0n) is 14.0. The third-order valence-corrected chi connectivity index (χ3v) is 4.29. The van der Waals surface area contributed by atoms with Crippen molar-refractivity contribution in [3.8, 4) is 5.75 Å². The molecule has 0 atom stereocenters. The van der Waals surface area contributed by atoms with E-state index in [4.69, 9.17) is 9.47 Å². The smallest absolute Gasteiger partial charge is 0.338 e. The number of hydrogen-bond donors (Lipinski definition) is 2. The summed E-state index contributed by atoms with van der Waals surface area (Å²) in [4.78, 5) is 23.7. The highest BCUT2D eigenvalue weighted by Gasteiger charge is 2.38. The largest absolute Gasteiger partial charge is 0.497 e. The highest BCUT2D eigenvalue weighted by molar-refractivity contribution is 5.84. The maximum Gasteiger partial charge on any atom is 0.338 e. The molecule has 0 aliphatic heterocycles. The molecule has 2 N–H and O–H groups in total. The molecule has 132 valence electrons. The first kappa shape index (κ1) is 18.3. The molecule has 1 saturated carbocycles. The summed E-state index contributed by atoms with van der Waals surface area (Å²) in [6, 6.07) is 7.60. The minimum absolute atomic E-state index is 0.357. The van der Waals surface area contributed by atoms with Gasteiger partial charge in [0.05, 0.1) is 7.11 Å². The number of benzene rings is 1. The van der Waals surface area contributed by atoms with Gasteiger partial charge in [0, 0.05) is 6.54 Å². The van der Waals surface area contributed by atoms with Gasteiger partial charge in [0.25, 0.3) is 5.91 Å². The van der Waals surface area contributed by atoms with Crippen LogP contribution in [0.3, 0.4) is 0 Å². The SMILES string of the molecule is COc1ccc(CCNC(=O)COC(=O)C2(O)CCCCC2)cc1. The molecule has 0 spiro atoms. The lowest BCUT2D eigenvalue weighted by molar-refractivity contribution is -0.170. The van der Waals surface area contributed by atoms with Gasteiger partial charge in [-0.25, -0.2) is 4.79 Å². The maximum absolute atomic E-state index is 11.9. The lowest BCUT2D eigenvalue weighted by atomic mass is 9.85. The van der Waals surface area contributed by atoms with Gasteiger partial charge in [-0.15, -0.1) is 0 Å². The number of rotatable bonds is 7. The van der Waals surface area contributed by atoms with E-state index >= 15 is 0 Å². The Labute approximate surface area is 142 Å². The molecule has 0 unspecified atom stereocenters. The minimum Gasteiger partial charge on any atom is -0.497 e. The van der Waals surface area contributed by atoms with Gasteiger partial charge in [0.2, 0.25) is 0 Å². The van der Waals surface area contributed by atoms with E-state index in [1.165, 1.54) is 0 Å². The van der Waals surface area contributed by atoms with E-state index in [1.807, 2.05) is 24.3 Å². The molecular weight excluding hydrogens is 310 g/mol. The molecule has 0 bridgehead atoms. The molecule has 24 heavy (non-hydrogen) atoms. The van der Waals surface area contributed by atoms with Gasteiger partial charge in [-0.1, -0.05) is 18.6 Å². The van der Waals surface area contributed by atoms with Crippen LogP contribution >= 0.6 is 0 Å². The molecule has 6 nitrogen and oxygen atoms in total. The molecule has 0 aromatic heterocycles. The second kappa shape index (κ2) is 8.68. The van der Waals surface area contributed by atoms with E-state index in [0.717, 1.165) is 30.6 Å². The fraction of sp³-hybridized carbons (Fsp3) is 0.556. The van der Waals surface area contributed by atoms with Crippen molar-refractivity contribution in [2.45, 2.75) is 44.1 Å². The minimum atomic E-state index is -1.42. The monoisotopic (exact) mass is 335 g/mol. The number of carbonyl (C=O) groups is 2. The van der Waals surface area contributed by atoms with Crippen molar-refractivity contribution in [3.05, 3.63) is 29.8 Å². The topological polar surface area (TPSA) is 84.9 Å². The van der Waals surface area contributed by atoms with Gasteiger partial charge in [-0.2, -0.15) is 0 Å². The van der Waals surface area contributed by atoms with Gasteiger partial charge in [0.1, 0.15) is 5.75 Å². The van der Waals surface area contributed by atoms with Gasteiger partial charge in [-0.05, 0) is 49.8 Å². The van der Waals surface area contributed by atoms with Crippen molar-refractivity contribution in [1.29, 1.82) is 0 Å². The number of nitrogens with one attached hydrogen (secondary N) is 1. The molecule has 6 heteroatoms. The second-order valence-corrected chi connectivity index (χ2v) is 6.12. The van der Waals surface area contributed by atoms with E-state index in [9.17, 15) is 14.7 Å². The average molecular weight is 335 g/mol. The van der Waals surface area contributed by atoms with Crippen LogP contribution in [0.15, 0.2) is 24.3 Å². The van der Waals surface area contributed by atoms with Crippen molar-refractivity contribution < 1.29 is 24.2 Å². The Morgan fingerprint density at radius 3 is 2.46 bits per heavy atom. The van der Waals surface area contributed by atoms with Crippen LogP contribution in [0.25, 0.3) is 0 Å². The standard InChI is InChI=1S/C18H25NO5/c1-23-15-7-5-14(6-8-15)9-12-19-16(20)13-24-17(21)18(22)10-3-2-4-11-18/h5-8,22H,2-4,9-13H2,1H3,(H,19,20). The number of amides is 1. The highest BCUT2D eigenvalue weighted by atomic mass is 16.6. The van der Waals surface area contributed by atoms with Crippen LogP contribution in [0, 0.1) is 0 Å². The molecule has 1 aromatic rings. The first-order valence-corrected chi connectivity index (χ1v) is 8.33. The molecule has 1 amide bonds. The predicted molar refractivity (Wildman–Crippen MR) is 88.7 cm³/mol. The van der Waals surface area contributed by atoms with E-state index in [-0.39, 0.29) is 12.5 Å². The summed E-state index contributed by atoms with van der Waals surface area (Å²) in [6.45, 7) is 0.0940. The van der Waals surface area contributed by atoms with E-state index in [0.29, 0.717) is 25.8 Å². The molecule has 0 radical (unpaired) electrons. The van der Waals surface area contributed by atoms with Crippen LogP contribution in [-0.4, -0.2) is 42.8 Å². The molecule has 0 heterocycles. The van der Waals surface area contributed by atoms with Crippen molar-refractivity contribution >= 4 is 11.9 Å². The number of esters is 1. The fourth-order valence-electron chi connectivity index (χ4n) is 2.80. The molecule has 2 rings (SSSR count). The number of carbonyl (C=O) groups excluding carboxylic acids is 2. The zero-order valence-corrected chi connectivity index (χ0v) is 14.0. The van der Waals surface area contributed by atoms with E-state index in [2.05, 4.69) is 5.32 Å². The Balaban J connectivity index is 1.66. The third kappa shape index (κ3) is 5.23. The number of methoxy groups -OCH3 is 1. The van der Waals surface area contributed by atoms with Crippen LogP contribution in [0.2, 0.25) is 0 Å². The molecular formula is C18H25NO5. The quantitative estimate of drug-likeness (QED) is 0.739. The molecule has 1 aliphatic carbocycles. The van der Waals surface area contributed by atoms with E-state index < -0.39 is 11.6 Å². The summed E-state index contributed by atoms with van der Waals surface area (Å²) in [5.41, 5.74) is -0.341. The van der Waals surface area contributed by atoms with Gasteiger partial charge in [-0.3, -0.25) is 4.79 Å². The fourth-order valence-corrected chi connectivity index (χ4v) is 2.80. The Kier molecular flexibility index (Phi) is 6.61. The lowest BCUT2D eigenvalue weighted by Gasteiger charge is -2.29. The van der Waals surface area contributed by atoms with Gasteiger partial charge >= 0.3 is 5.97 Å². The third-order valence-electron chi connectivity index (χ3n) is 4.29. The summed E-state index contributed by atoms with van der Waals surface area (Å²) >= 11 is 0. The Morgan fingerprint density at radius 1 is 1.17 bits per heavy atom. The Hall–Kier alpha value is -2.08. The van der Waals surface area contributed by atoms with Gasteiger partial charge < -0.3 is 19.9 Å². The van der Waals surface area contributed by atoms with Crippen LogP contribution < -0.4 is 10.1 Å². The highest BCUT2D eigenvalue weighted by Crippen LogP contribution is 2.28. The second-order valence-electron chi connectivity index (χ2n) is 6.12. The predicted octanol–water partition coefficient (Wildman–Crippen LogP) is 1.59. The summed E-state index contributed by atoms with van der Waals surface area (Å²) < 4.78 is 10.0. The van der Waals surface area contributed by atoms with Crippen molar-refractivity contribution in [3.63, 3.8) is 0 Å². The first-order valence-electron chi connectivity index (χ1n) is 8.33. The lowest BCUT2D eigenvalue weighted by Crippen LogP contribution is -2.43. The molecule has 1 aromatic carbocycles. The Morgan fingerprint density at radius 2 is 1.83 bits per heavy atom. The van der Waals surface area contributed by atoms with Crippen molar-refractivity contribution in [2.75, 3.05) is 20.3 Å². The summed E-state index contributed by atoms with van der Waals surface area (Å²) in [5.74, 6) is -0.265. The van der Waals surface area contributed by atoms with Gasteiger partial charge in [0.15, 0.2) is 12.2 Å². The van der Waals surface area contributed by atoms with Crippen LogP contribution in [-0.2, 0) is 20.7 Å². The van der Waals surface area contributed by atoms with Crippen LogP contribution in [0.5, 0.6) is 5.75 Å². The summed E-state index contributed by atoms with van der Waals surface area (Å²) in [5, 5.41) is 12.9. The number of hydrogen-bond acceptors (Lipinski definition) is 5. The maximum atomic E-state index is 11.9. The summed E-state index contributed by atoms with van der Waals surface area (Å²) in [6.07, 6.45) is 4.12. The molecule has 1 fully saturated rings. The van der Waals surface area contributed by atoms with Crippen molar-refractivity contribution in [1.82, 2.24) is 5.32 Å². The van der Waals surface area contributed by atoms with E-state index in [1.54, 1.807) is 7.11 Å². The molecule has 0 saturated heterocycles. The van der Waals surface area contributed by atoms with Crippen LogP contribution in [0.1, 0.15) is 37.7 Å². The average Bonchev–Trinajstić information content (AvgIpc) is 2.61.